The molecule has 2 atom stereocenters. The molecule has 2 N–H and O–H groups in total. The third-order valence-electron chi connectivity index (χ3n) is 6.94. The minimum atomic E-state index is -4.02. The normalized spacial score (nSPS) is 20.5. The average Bonchev–Trinajstić information content (AvgIpc) is 3.23. The smallest absolute Gasteiger partial charge is 0.252 e. The van der Waals surface area contributed by atoms with Gasteiger partial charge >= 0.3 is 0 Å². The number of benzene rings is 2. The molecule has 0 spiro atoms. The van der Waals surface area contributed by atoms with Crippen LogP contribution < -0.4 is 15.2 Å². The molecule has 0 saturated heterocycles. The molecule has 0 bridgehead atoms. The van der Waals surface area contributed by atoms with Crippen LogP contribution >= 0.6 is 0 Å². The second-order valence-electron chi connectivity index (χ2n) is 9.18. The Bertz CT molecular complexity index is 1400. The van der Waals surface area contributed by atoms with Crippen molar-refractivity contribution in [3.8, 4) is 5.75 Å². The van der Waals surface area contributed by atoms with Crippen LogP contribution in [0.5, 0.6) is 5.75 Å². The van der Waals surface area contributed by atoms with Gasteiger partial charge in [-0.05, 0) is 55.3 Å². The number of hydrogen-bond acceptors (Lipinski definition) is 6. The van der Waals surface area contributed by atoms with E-state index in [4.69, 9.17) is 4.74 Å². The summed E-state index contributed by atoms with van der Waals surface area (Å²) < 4.78 is 34.8. The summed E-state index contributed by atoms with van der Waals surface area (Å²) in [5.74, 6) is 0.515. The molecule has 5 rings (SSSR count). The fourth-order valence-electron chi connectivity index (χ4n) is 4.99. The molecule has 2 aliphatic rings. The van der Waals surface area contributed by atoms with E-state index in [9.17, 15) is 18.3 Å². The zero-order valence-electron chi connectivity index (χ0n) is 19.3. The fraction of sp³-hybridized carbons (Fsp3) is 0.400. The number of anilines is 1. The number of ether oxygens (including phenoxy) is 1. The fourth-order valence-corrected chi connectivity index (χ4v) is 6.66. The Morgan fingerprint density at radius 1 is 1.21 bits per heavy atom. The SMILES string of the molecule is Cc1cccc2cc(CN([C@@H]3CCC[C@@H]3O)S(=O)(=O)c3ccc4c(c3)OCCN4C)c(=O)[nH]c12. The first-order valence-electron chi connectivity index (χ1n) is 11.5. The third-order valence-corrected chi connectivity index (χ3v) is 8.81. The first-order chi connectivity index (χ1) is 16.3. The minimum absolute atomic E-state index is 0.0914. The van der Waals surface area contributed by atoms with Crippen LogP contribution in [0.15, 0.2) is 52.2 Å². The number of rotatable bonds is 5. The van der Waals surface area contributed by atoms with E-state index in [2.05, 4.69) is 4.98 Å². The molecule has 3 aromatic rings. The first-order valence-corrected chi connectivity index (χ1v) is 13.0. The summed E-state index contributed by atoms with van der Waals surface area (Å²) in [6.07, 6.45) is 1.01. The Morgan fingerprint density at radius 3 is 2.79 bits per heavy atom. The van der Waals surface area contributed by atoms with E-state index in [0.717, 1.165) is 35.1 Å². The quantitative estimate of drug-likeness (QED) is 0.579. The van der Waals surface area contributed by atoms with Gasteiger partial charge in [-0.2, -0.15) is 4.31 Å². The molecule has 2 heterocycles. The molecule has 34 heavy (non-hydrogen) atoms. The summed E-state index contributed by atoms with van der Waals surface area (Å²) in [5, 5.41) is 11.5. The molecule has 1 saturated carbocycles. The van der Waals surface area contributed by atoms with Gasteiger partial charge in [0.05, 0.1) is 34.8 Å². The van der Waals surface area contributed by atoms with Crippen LogP contribution in [0.1, 0.15) is 30.4 Å². The molecular formula is C25H29N3O5S. The first kappa shape index (κ1) is 22.9. The number of aryl methyl sites for hydroxylation is 1. The standard InChI is InChI=1S/C25H29N3O5S/c1-16-5-3-6-17-13-18(25(30)26-24(16)17)15-28(20-7-4-8-22(20)29)34(31,32)19-9-10-21-23(14-19)33-12-11-27(21)2/h3,5-6,9-10,13-14,20,22,29H,4,7-8,11-12,15H2,1-2H3,(H,26,30)/t20-,22+/m1/s1. The van der Waals surface area contributed by atoms with Crippen molar-refractivity contribution in [1.29, 1.82) is 0 Å². The Kier molecular flexibility index (Phi) is 5.87. The van der Waals surface area contributed by atoms with Gasteiger partial charge in [-0.15, -0.1) is 0 Å². The van der Waals surface area contributed by atoms with Gasteiger partial charge < -0.3 is 19.7 Å². The van der Waals surface area contributed by atoms with Crippen molar-refractivity contribution in [2.24, 2.45) is 0 Å². The van der Waals surface area contributed by atoms with E-state index in [0.29, 0.717) is 30.8 Å². The molecule has 1 aliphatic heterocycles. The molecule has 1 aromatic heterocycles. The summed E-state index contributed by atoms with van der Waals surface area (Å²) in [7, 11) is -2.09. The average molecular weight is 484 g/mol. The number of aromatic amines is 1. The molecule has 180 valence electrons. The highest BCUT2D eigenvalue weighted by Crippen LogP contribution is 2.36. The van der Waals surface area contributed by atoms with E-state index >= 15 is 0 Å². The Morgan fingerprint density at radius 2 is 2.03 bits per heavy atom. The summed E-state index contributed by atoms with van der Waals surface area (Å²) in [4.78, 5) is 18.0. The second-order valence-corrected chi connectivity index (χ2v) is 11.1. The van der Waals surface area contributed by atoms with Crippen molar-refractivity contribution in [3.63, 3.8) is 0 Å². The Labute approximate surface area is 198 Å². The van der Waals surface area contributed by atoms with E-state index in [1.807, 2.05) is 37.1 Å². The van der Waals surface area contributed by atoms with E-state index < -0.39 is 22.2 Å². The van der Waals surface area contributed by atoms with Crippen molar-refractivity contribution >= 4 is 26.6 Å². The summed E-state index contributed by atoms with van der Waals surface area (Å²) in [6, 6.07) is 11.7. The highest BCUT2D eigenvalue weighted by molar-refractivity contribution is 7.89. The molecule has 0 amide bonds. The summed E-state index contributed by atoms with van der Waals surface area (Å²) >= 11 is 0. The maximum atomic E-state index is 13.9. The maximum absolute atomic E-state index is 13.9. The number of H-pyrrole nitrogens is 1. The number of aliphatic hydroxyl groups is 1. The summed E-state index contributed by atoms with van der Waals surface area (Å²) in [5.41, 5.74) is 2.52. The van der Waals surface area contributed by atoms with Crippen LogP contribution in [0, 0.1) is 6.92 Å². The lowest BCUT2D eigenvalue weighted by Gasteiger charge is -2.31. The van der Waals surface area contributed by atoms with E-state index in [-0.39, 0.29) is 17.0 Å². The molecule has 1 fully saturated rings. The van der Waals surface area contributed by atoms with Gasteiger partial charge in [-0.3, -0.25) is 4.79 Å². The van der Waals surface area contributed by atoms with Gasteiger partial charge in [-0.1, -0.05) is 18.2 Å². The molecule has 1 aliphatic carbocycles. The number of pyridine rings is 1. The van der Waals surface area contributed by atoms with E-state index in [1.165, 1.54) is 4.31 Å². The zero-order chi connectivity index (χ0) is 24.0. The number of hydrogen-bond donors (Lipinski definition) is 2. The topological polar surface area (TPSA) is 103 Å². The predicted octanol–water partition coefficient (Wildman–Crippen LogP) is 2.77. The molecule has 0 unspecified atom stereocenters. The van der Waals surface area contributed by atoms with Crippen LogP contribution in [0.25, 0.3) is 10.9 Å². The van der Waals surface area contributed by atoms with Crippen LogP contribution in [0.2, 0.25) is 0 Å². The molecule has 8 nitrogen and oxygen atoms in total. The Hall–Kier alpha value is -2.88. The lowest BCUT2D eigenvalue weighted by atomic mass is 10.1. The zero-order valence-corrected chi connectivity index (χ0v) is 20.1. The van der Waals surface area contributed by atoms with Crippen molar-refractivity contribution in [2.75, 3.05) is 25.1 Å². The third kappa shape index (κ3) is 3.97. The highest BCUT2D eigenvalue weighted by Gasteiger charge is 2.39. The number of nitrogens with one attached hydrogen (secondary N) is 1. The van der Waals surface area contributed by atoms with Crippen LogP contribution in [-0.4, -0.2) is 55.2 Å². The summed E-state index contributed by atoms with van der Waals surface area (Å²) in [6.45, 7) is 2.99. The van der Waals surface area contributed by atoms with Gasteiger partial charge in [0.2, 0.25) is 10.0 Å². The van der Waals surface area contributed by atoms with Crippen molar-refractivity contribution in [3.05, 3.63) is 63.9 Å². The molecular weight excluding hydrogens is 454 g/mol. The number of fused-ring (bicyclic) bond motifs is 2. The minimum Gasteiger partial charge on any atom is -0.490 e. The van der Waals surface area contributed by atoms with Crippen LogP contribution in [0.4, 0.5) is 5.69 Å². The van der Waals surface area contributed by atoms with Gasteiger partial charge in [0.25, 0.3) is 5.56 Å². The Balaban J connectivity index is 1.58. The largest absolute Gasteiger partial charge is 0.490 e. The second kappa shape index (κ2) is 8.72. The van der Waals surface area contributed by atoms with Crippen molar-refractivity contribution < 1.29 is 18.3 Å². The highest BCUT2D eigenvalue weighted by atomic mass is 32.2. The van der Waals surface area contributed by atoms with Crippen LogP contribution in [0.3, 0.4) is 0 Å². The molecule has 0 radical (unpaired) electrons. The lowest BCUT2D eigenvalue weighted by molar-refractivity contribution is 0.110. The number of sulfonamides is 1. The predicted molar refractivity (Wildman–Crippen MR) is 131 cm³/mol. The maximum Gasteiger partial charge on any atom is 0.252 e. The number of nitrogens with zero attached hydrogens (tertiary/aromatic N) is 2. The van der Waals surface area contributed by atoms with Gasteiger partial charge in [0.1, 0.15) is 12.4 Å². The molecule has 9 heteroatoms. The molecule has 2 aromatic carbocycles. The van der Waals surface area contributed by atoms with Crippen molar-refractivity contribution in [2.45, 2.75) is 49.8 Å². The van der Waals surface area contributed by atoms with E-state index in [1.54, 1.807) is 24.3 Å². The number of likely N-dealkylation sites (N-methyl/N-ethyl adjacent to an activating group) is 1. The number of aliphatic hydroxyl groups excluding tert-OH is 1. The monoisotopic (exact) mass is 483 g/mol. The number of para-hydroxylation sites is 1. The van der Waals surface area contributed by atoms with Crippen molar-refractivity contribution in [1.82, 2.24) is 9.29 Å². The van der Waals surface area contributed by atoms with Crippen LogP contribution in [-0.2, 0) is 16.6 Å². The lowest BCUT2D eigenvalue weighted by Crippen LogP contribution is -2.44. The van der Waals surface area contributed by atoms with Gasteiger partial charge in [0, 0.05) is 25.2 Å². The van der Waals surface area contributed by atoms with Gasteiger partial charge in [-0.25, -0.2) is 8.42 Å². The van der Waals surface area contributed by atoms with Gasteiger partial charge in [0.15, 0.2) is 0 Å². The number of aromatic nitrogens is 1.